The van der Waals surface area contributed by atoms with E-state index in [1.807, 2.05) is 23.1 Å². The second-order valence-corrected chi connectivity index (χ2v) is 5.83. The maximum atomic E-state index is 12.8. The number of ether oxygens (including phenoxy) is 3. The molecule has 6 heteroatoms. The lowest BCUT2D eigenvalue weighted by Crippen LogP contribution is -2.51. The van der Waals surface area contributed by atoms with Crippen molar-refractivity contribution in [3.63, 3.8) is 0 Å². The van der Waals surface area contributed by atoms with Crippen molar-refractivity contribution in [3.05, 3.63) is 23.8 Å². The van der Waals surface area contributed by atoms with Crippen molar-refractivity contribution in [3.8, 4) is 11.5 Å². The number of rotatable bonds is 3. The van der Waals surface area contributed by atoms with Gasteiger partial charge in [0.1, 0.15) is 24.2 Å². The standard InChI is InChI=1S/C17H24N2O4/c1-3-18-6-8-23-16(12-18)17(20)19-7-9-22-15-5-4-14(21-2)10-13(15)11-19/h4-5,10,16H,3,6-9,11-12H2,1-2H3. The van der Waals surface area contributed by atoms with Gasteiger partial charge >= 0.3 is 0 Å². The Morgan fingerprint density at radius 3 is 3.00 bits per heavy atom. The molecule has 1 fully saturated rings. The molecule has 0 aromatic heterocycles. The molecule has 3 rings (SSSR count). The second-order valence-electron chi connectivity index (χ2n) is 5.83. The smallest absolute Gasteiger partial charge is 0.253 e. The fraction of sp³-hybridized carbons (Fsp3) is 0.588. The van der Waals surface area contributed by atoms with Crippen LogP contribution in [0.3, 0.4) is 0 Å². The highest BCUT2D eigenvalue weighted by molar-refractivity contribution is 5.81. The fourth-order valence-corrected chi connectivity index (χ4v) is 3.03. The molecule has 2 aliphatic heterocycles. The summed E-state index contributed by atoms with van der Waals surface area (Å²) in [6.07, 6.45) is -0.379. The summed E-state index contributed by atoms with van der Waals surface area (Å²) in [5.74, 6) is 1.64. The molecule has 0 bridgehead atoms. The monoisotopic (exact) mass is 320 g/mol. The highest BCUT2D eigenvalue weighted by atomic mass is 16.5. The topological polar surface area (TPSA) is 51.2 Å². The van der Waals surface area contributed by atoms with Crippen LogP contribution in [0.15, 0.2) is 18.2 Å². The van der Waals surface area contributed by atoms with Crippen molar-refractivity contribution in [2.45, 2.75) is 19.6 Å². The van der Waals surface area contributed by atoms with Crippen molar-refractivity contribution in [2.24, 2.45) is 0 Å². The van der Waals surface area contributed by atoms with Crippen LogP contribution in [0.1, 0.15) is 12.5 Å². The number of carbonyl (C=O) groups is 1. The first-order chi connectivity index (χ1) is 11.2. The van der Waals surface area contributed by atoms with Crippen LogP contribution in [-0.4, -0.2) is 68.3 Å². The number of nitrogens with zero attached hydrogens (tertiary/aromatic N) is 2. The van der Waals surface area contributed by atoms with Crippen LogP contribution < -0.4 is 9.47 Å². The number of hydrogen-bond acceptors (Lipinski definition) is 5. The van der Waals surface area contributed by atoms with Crippen LogP contribution in [0.5, 0.6) is 11.5 Å². The third kappa shape index (κ3) is 3.59. The molecule has 126 valence electrons. The lowest BCUT2D eigenvalue weighted by atomic mass is 10.1. The number of morpholine rings is 1. The molecule has 23 heavy (non-hydrogen) atoms. The van der Waals surface area contributed by atoms with E-state index in [0.29, 0.717) is 32.8 Å². The normalized spacial score (nSPS) is 22.0. The Labute approximate surface area is 136 Å². The van der Waals surface area contributed by atoms with Crippen molar-refractivity contribution < 1.29 is 19.0 Å². The molecule has 1 unspecified atom stereocenters. The number of benzene rings is 1. The third-order valence-electron chi connectivity index (χ3n) is 4.43. The number of methoxy groups -OCH3 is 1. The molecule has 1 aromatic rings. The summed E-state index contributed by atoms with van der Waals surface area (Å²) in [6, 6.07) is 5.71. The Morgan fingerprint density at radius 2 is 2.22 bits per heavy atom. The zero-order valence-electron chi connectivity index (χ0n) is 13.8. The number of fused-ring (bicyclic) bond motifs is 1. The molecule has 1 saturated heterocycles. The van der Waals surface area contributed by atoms with Crippen molar-refractivity contribution in [1.82, 2.24) is 9.80 Å². The SMILES string of the molecule is CCN1CCOC(C(=O)N2CCOc3ccc(OC)cc3C2)C1. The zero-order valence-corrected chi connectivity index (χ0v) is 13.8. The number of amides is 1. The Bertz CT molecular complexity index is 564. The predicted molar refractivity (Wildman–Crippen MR) is 85.8 cm³/mol. The third-order valence-corrected chi connectivity index (χ3v) is 4.43. The van der Waals surface area contributed by atoms with Gasteiger partial charge in [-0.3, -0.25) is 9.69 Å². The first-order valence-electron chi connectivity index (χ1n) is 8.13. The molecule has 6 nitrogen and oxygen atoms in total. The molecular weight excluding hydrogens is 296 g/mol. The first-order valence-corrected chi connectivity index (χ1v) is 8.13. The second kappa shape index (κ2) is 7.19. The molecule has 2 aliphatic rings. The lowest BCUT2D eigenvalue weighted by molar-refractivity contribution is -0.150. The summed E-state index contributed by atoms with van der Waals surface area (Å²) in [5.41, 5.74) is 0.971. The molecule has 0 N–H and O–H groups in total. The van der Waals surface area contributed by atoms with Gasteiger partial charge < -0.3 is 19.1 Å². The van der Waals surface area contributed by atoms with E-state index >= 15 is 0 Å². The minimum atomic E-state index is -0.379. The van der Waals surface area contributed by atoms with Gasteiger partial charge in [-0.15, -0.1) is 0 Å². The minimum absolute atomic E-state index is 0.0439. The van der Waals surface area contributed by atoms with Gasteiger partial charge in [-0.2, -0.15) is 0 Å². The molecule has 0 spiro atoms. The summed E-state index contributed by atoms with van der Waals surface area (Å²) in [5, 5.41) is 0. The molecule has 1 atom stereocenters. The Balaban J connectivity index is 1.73. The zero-order chi connectivity index (χ0) is 16.2. The van der Waals surface area contributed by atoms with Crippen molar-refractivity contribution >= 4 is 5.91 Å². The van der Waals surface area contributed by atoms with E-state index in [2.05, 4.69) is 11.8 Å². The first kappa shape index (κ1) is 16.1. The number of carbonyl (C=O) groups excluding carboxylic acids is 1. The minimum Gasteiger partial charge on any atom is -0.497 e. The van der Waals surface area contributed by atoms with E-state index in [9.17, 15) is 4.79 Å². The fourth-order valence-electron chi connectivity index (χ4n) is 3.03. The molecule has 0 aliphatic carbocycles. The van der Waals surface area contributed by atoms with Crippen LogP contribution >= 0.6 is 0 Å². The van der Waals surface area contributed by atoms with Gasteiger partial charge in [0.05, 0.1) is 20.3 Å². The number of hydrogen-bond donors (Lipinski definition) is 0. The molecular formula is C17H24N2O4. The van der Waals surface area contributed by atoms with Gasteiger partial charge in [0.2, 0.25) is 0 Å². The van der Waals surface area contributed by atoms with E-state index in [1.54, 1.807) is 7.11 Å². The highest BCUT2D eigenvalue weighted by Crippen LogP contribution is 2.27. The summed E-state index contributed by atoms with van der Waals surface area (Å²) in [7, 11) is 1.64. The van der Waals surface area contributed by atoms with Crippen molar-refractivity contribution in [1.29, 1.82) is 0 Å². The van der Waals surface area contributed by atoms with Gasteiger partial charge in [0, 0.05) is 25.2 Å². The summed E-state index contributed by atoms with van der Waals surface area (Å²) in [4.78, 5) is 16.9. The number of likely N-dealkylation sites (N-methyl/N-ethyl adjacent to an activating group) is 1. The van der Waals surface area contributed by atoms with Crippen LogP contribution in [0.25, 0.3) is 0 Å². The molecule has 2 heterocycles. The molecule has 0 radical (unpaired) electrons. The van der Waals surface area contributed by atoms with Gasteiger partial charge in [0.15, 0.2) is 0 Å². The highest BCUT2D eigenvalue weighted by Gasteiger charge is 2.31. The summed E-state index contributed by atoms with van der Waals surface area (Å²) in [6.45, 7) is 6.81. The predicted octanol–water partition coefficient (Wildman–Crippen LogP) is 1.14. The molecule has 0 saturated carbocycles. The molecule has 1 aromatic carbocycles. The lowest BCUT2D eigenvalue weighted by Gasteiger charge is -2.34. The Hall–Kier alpha value is -1.79. The summed E-state index contributed by atoms with van der Waals surface area (Å²) < 4.78 is 16.7. The van der Waals surface area contributed by atoms with E-state index in [-0.39, 0.29) is 12.0 Å². The molecule has 1 amide bonds. The Morgan fingerprint density at radius 1 is 1.35 bits per heavy atom. The van der Waals surface area contributed by atoms with Gasteiger partial charge in [-0.1, -0.05) is 6.92 Å². The summed E-state index contributed by atoms with van der Waals surface area (Å²) >= 11 is 0. The largest absolute Gasteiger partial charge is 0.497 e. The van der Waals surface area contributed by atoms with Crippen LogP contribution in [0.4, 0.5) is 0 Å². The van der Waals surface area contributed by atoms with E-state index in [0.717, 1.165) is 30.2 Å². The average Bonchev–Trinajstić information content (AvgIpc) is 2.82. The van der Waals surface area contributed by atoms with E-state index in [4.69, 9.17) is 14.2 Å². The average molecular weight is 320 g/mol. The van der Waals surface area contributed by atoms with Gasteiger partial charge in [-0.05, 0) is 24.7 Å². The maximum Gasteiger partial charge on any atom is 0.253 e. The van der Waals surface area contributed by atoms with Crippen LogP contribution in [0, 0.1) is 0 Å². The van der Waals surface area contributed by atoms with Crippen LogP contribution in [0.2, 0.25) is 0 Å². The van der Waals surface area contributed by atoms with Crippen molar-refractivity contribution in [2.75, 3.05) is 46.5 Å². The Kier molecular flexibility index (Phi) is 5.03. The van der Waals surface area contributed by atoms with E-state index < -0.39 is 0 Å². The van der Waals surface area contributed by atoms with Gasteiger partial charge in [-0.25, -0.2) is 0 Å². The van der Waals surface area contributed by atoms with Crippen LogP contribution in [-0.2, 0) is 16.1 Å². The van der Waals surface area contributed by atoms with E-state index in [1.165, 1.54) is 0 Å². The maximum absolute atomic E-state index is 12.8. The quantitative estimate of drug-likeness (QED) is 0.836. The van der Waals surface area contributed by atoms with Gasteiger partial charge in [0.25, 0.3) is 5.91 Å².